The highest BCUT2D eigenvalue weighted by molar-refractivity contribution is 7.98. The highest BCUT2D eigenvalue weighted by Gasteiger charge is 2.53. The first-order valence-corrected chi connectivity index (χ1v) is 9.52. The summed E-state index contributed by atoms with van der Waals surface area (Å²) in [5, 5.41) is 3.02. The summed E-state index contributed by atoms with van der Waals surface area (Å²) in [5.41, 5.74) is -0.539. The summed E-state index contributed by atoms with van der Waals surface area (Å²) < 4.78 is 0. The molecule has 1 aliphatic carbocycles. The Morgan fingerprint density at radius 1 is 1.33 bits per heavy atom. The molecule has 4 nitrogen and oxygen atoms in total. The minimum absolute atomic E-state index is 0.0920. The molecule has 0 aromatic rings. The lowest BCUT2D eigenvalue weighted by Crippen LogP contribution is -2.70. The normalized spacial score (nSPS) is 25.0. The molecule has 1 unspecified atom stereocenters. The number of nitrogens with zero attached hydrogens (tertiary/aromatic N) is 1. The van der Waals surface area contributed by atoms with E-state index in [2.05, 4.69) is 25.4 Å². The van der Waals surface area contributed by atoms with E-state index < -0.39 is 5.54 Å². The summed E-state index contributed by atoms with van der Waals surface area (Å²) >= 11 is 1.80. The summed E-state index contributed by atoms with van der Waals surface area (Å²) in [7, 11) is 0. The molecule has 1 N–H and O–H groups in total. The maximum Gasteiger partial charge on any atom is 0.246 e. The zero-order valence-corrected chi connectivity index (χ0v) is 14.3. The van der Waals surface area contributed by atoms with Crippen LogP contribution in [0.4, 0.5) is 0 Å². The smallest absolute Gasteiger partial charge is 0.246 e. The second-order valence-corrected chi connectivity index (χ2v) is 7.72. The van der Waals surface area contributed by atoms with Gasteiger partial charge in [0.2, 0.25) is 11.8 Å². The van der Waals surface area contributed by atoms with Gasteiger partial charge >= 0.3 is 0 Å². The number of rotatable bonds is 6. The number of piperazine rings is 1. The van der Waals surface area contributed by atoms with Crippen LogP contribution in [0.5, 0.6) is 0 Å². The molecule has 2 amide bonds. The second kappa shape index (κ2) is 7.03. The SMILES string of the molecule is CSCCCN1C(=O)C(CC(C)C)NC(=O)C12CCCC2. The minimum atomic E-state index is -0.539. The molecule has 1 atom stereocenters. The fraction of sp³-hybridized carbons (Fsp3) is 0.875. The Labute approximate surface area is 132 Å². The number of hydrogen-bond acceptors (Lipinski definition) is 3. The number of carbonyl (C=O) groups is 2. The zero-order chi connectivity index (χ0) is 15.5. The monoisotopic (exact) mass is 312 g/mol. The minimum Gasteiger partial charge on any atom is -0.342 e. The van der Waals surface area contributed by atoms with E-state index in [9.17, 15) is 9.59 Å². The van der Waals surface area contributed by atoms with Crippen LogP contribution in [0.15, 0.2) is 0 Å². The second-order valence-electron chi connectivity index (χ2n) is 6.73. The van der Waals surface area contributed by atoms with E-state index in [0.717, 1.165) is 50.8 Å². The molecule has 1 aliphatic heterocycles. The van der Waals surface area contributed by atoms with Crippen molar-refractivity contribution in [2.75, 3.05) is 18.6 Å². The summed E-state index contributed by atoms with van der Waals surface area (Å²) in [6.45, 7) is 4.91. The molecule has 1 saturated carbocycles. The Balaban J connectivity index is 2.17. The third-order valence-corrected chi connectivity index (χ3v) is 5.37. The lowest BCUT2D eigenvalue weighted by atomic mass is 9.87. The van der Waals surface area contributed by atoms with Crippen LogP contribution in [-0.2, 0) is 9.59 Å². The van der Waals surface area contributed by atoms with Gasteiger partial charge in [0.25, 0.3) is 0 Å². The Kier molecular flexibility index (Phi) is 5.58. The fourth-order valence-corrected chi connectivity index (χ4v) is 4.07. The van der Waals surface area contributed by atoms with Crippen LogP contribution in [-0.4, -0.2) is 46.8 Å². The Morgan fingerprint density at radius 2 is 2.00 bits per heavy atom. The highest BCUT2D eigenvalue weighted by Crippen LogP contribution is 2.38. The molecule has 0 bridgehead atoms. The maximum absolute atomic E-state index is 12.9. The first-order valence-electron chi connectivity index (χ1n) is 8.12. The van der Waals surface area contributed by atoms with Crippen LogP contribution in [0.1, 0.15) is 52.4 Å². The Bertz CT molecular complexity index is 392. The summed E-state index contributed by atoms with van der Waals surface area (Å²) in [6, 6.07) is -0.321. The molecule has 2 fully saturated rings. The number of nitrogens with one attached hydrogen (secondary N) is 1. The molecule has 1 saturated heterocycles. The zero-order valence-electron chi connectivity index (χ0n) is 13.5. The standard InChI is InChI=1S/C16H28N2O2S/c1-12(2)11-13-14(19)18(9-6-10-21-3)16(15(20)17-13)7-4-5-8-16/h12-13H,4-11H2,1-3H3,(H,17,20). The van der Waals surface area contributed by atoms with Crippen molar-refractivity contribution < 1.29 is 9.59 Å². The van der Waals surface area contributed by atoms with E-state index in [1.165, 1.54) is 0 Å². The van der Waals surface area contributed by atoms with Crippen LogP contribution in [0.3, 0.4) is 0 Å². The molecule has 1 heterocycles. The van der Waals surface area contributed by atoms with Gasteiger partial charge < -0.3 is 10.2 Å². The molecule has 1 spiro atoms. The molecular formula is C16H28N2O2S. The first kappa shape index (κ1) is 16.7. The number of thioether (sulfide) groups is 1. The lowest BCUT2D eigenvalue weighted by Gasteiger charge is -2.46. The van der Waals surface area contributed by atoms with Gasteiger partial charge in [0.1, 0.15) is 11.6 Å². The van der Waals surface area contributed by atoms with Gasteiger partial charge in [-0.3, -0.25) is 9.59 Å². The molecule has 5 heteroatoms. The van der Waals surface area contributed by atoms with Gasteiger partial charge in [0.05, 0.1) is 0 Å². The fourth-order valence-electron chi connectivity index (χ4n) is 3.66. The third kappa shape index (κ3) is 3.38. The van der Waals surface area contributed by atoms with Crippen LogP contribution < -0.4 is 5.32 Å². The quantitative estimate of drug-likeness (QED) is 0.766. The first-order chi connectivity index (χ1) is 10.0. The van der Waals surface area contributed by atoms with E-state index in [1.54, 1.807) is 11.8 Å². The van der Waals surface area contributed by atoms with Crippen molar-refractivity contribution in [3.05, 3.63) is 0 Å². The third-order valence-electron chi connectivity index (χ3n) is 4.68. The molecule has 0 radical (unpaired) electrons. The van der Waals surface area contributed by atoms with Gasteiger partial charge in [-0.25, -0.2) is 0 Å². The highest BCUT2D eigenvalue weighted by atomic mass is 32.2. The molecule has 120 valence electrons. The van der Waals surface area contributed by atoms with Crippen LogP contribution in [0, 0.1) is 5.92 Å². The van der Waals surface area contributed by atoms with Gasteiger partial charge in [0.15, 0.2) is 0 Å². The van der Waals surface area contributed by atoms with Crippen molar-refractivity contribution in [2.45, 2.75) is 64.0 Å². The van der Waals surface area contributed by atoms with Crippen LogP contribution >= 0.6 is 11.8 Å². The lowest BCUT2D eigenvalue weighted by molar-refractivity contribution is -0.157. The molecule has 2 rings (SSSR count). The topological polar surface area (TPSA) is 49.4 Å². The molecular weight excluding hydrogens is 284 g/mol. The molecule has 0 aromatic carbocycles. The summed E-state index contributed by atoms with van der Waals surface area (Å²) in [5.74, 6) is 1.68. The van der Waals surface area contributed by atoms with Crippen molar-refractivity contribution in [3.63, 3.8) is 0 Å². The number of hydrogen-bond donors (Lipinski definition) is 1. The van der Waals surface area contributed by atoms with E-state index in [4.69, 9.17) is 0 Å². The molecule has 0 aromatic heterocycles. The van der Waals surface area contributed by atoms with Gasteiger partial charge in [-0.15, -0.1) is 0 Å². The van der Waals surface area contributed by atoms with Crippen molar-refractivity contribution in [1.82, 2.24) is 10.2 Å². The number of amides is 2. The largest absolute Gasteiger partial charge is 0.342 e. The van der Waals surface area contributed by atoms with Crippen molar-refractivity contribution >= 4 is 23.6 Å². The summed E-state index contributed by atoms with van der Waals surface area (Å²) in [6.07, 6.45) is 7.55. The van der Waals surface area contributed by atoms with Crippen molar-refractivity contribution in [1.29, 1.82) is 0 Å². The molecule has 2 aliphatic rings. The average molecular weight is 312 g/mol. The van der Waals surface area contributed by atoms with Gasteiger partial charge in [0, 0.05) is 6.54 Å². The number of carbonyl (C=O) groups excluding carboxylic acids is 2. The van der Waals surface area contributed by atoms with Gasteiger partial charge in [-0.05, 0) is 43.6 Å². The average Bonchev–Trinajstić information content (AvgIpc) is 2.90. The summed E-state index contributed by atoms with van der Waals surface area (Å²) in [4.78, 5) is 27.5. The Morgan fingerprint density at radius 3 is 2.57 bits per heavy atom. The van der Waals surface area contributed by atoms with Crippen LogP contribution in [0.25, 0.3) is 0 Å². The van der Waals surface area contributed by atoms with E-state index >= 15 is 0 Å². The van der Waals surface area contributed by atoms with Gasteiger partial charge in [-0.2, -0.15) is 11.8 Å². The van der Waals surface area contributed by atoms with E-state index in [1.807, 2.05) is 4.90 Å². The van der Waals surface area contributed by atoms with Crippen molar-refractivity contribution in [3.8, 4) is 0 Å². The van der Waals surface area contributed by atoms with Crippen LogP contribution in [0.2, 0.25) is 0 Å². The predicted molar refractivity (Wildman–Crippen MR) is 87.3 cm³/mol. The maximum atomic E-state index is 12.9. The van der Waals surface area contributed by atoms with E-state index in [-0.39, 0.29) is 17.9 Å². The van der Waals surface area contributed by atoms with E-state index in [0.29, 0.717) is 5.92 Å². The Hall–Kier alpha value is -0.710. The van der Waals surface area contributed by atoms with Crippen molar-refractivity contribution in [2.24, 2.45) is 5.92 Å². The van der Waals surface area contributed by atoms with Gasteiger partial charge in [-0.1, -0.05) is 26.7 Å². The molecule has 21 heavy (non-hydrogen) atoms. The predicted octanol–water partition coefficient (Wildman–Crippen LogP) is 2.43.